The van der Waals surface area contributed by atoms with Gasteiger partial charge in [0.15, 0.2) is 0 Å². The minimum atomic E-state index is -0.347. The number of aromatic hydroxyl groups is 2. The van der Waals surface area contributed by atoms with E-state index in [0.717, 1.165) is 0 Å². The molecule has 15 heavy (non-hydrogen) atoms. The molecular weight excluding hydrogens is 194 g/mol. The van der Waals surface area contributed by atoms with E-state index in [1.807, 2.05) is 6.92 Å². The summed E-state index contributed by atoms with van der Waals surface area (Å²) < 4.78 is 0. The number of carbonyl (C=O) groups is 1. The van der Waals surface area contributed by atoms with E-state index in [1.165, 1.54) is 12.1 Å². The zero-order valence-corrected chi connectivity index (χ0v) is 8.60. The minimum Gasteiger partial charge on any atom is -0.508 e. The van der Waals surface area contributed by atoms with Crippen LogP contribution in [0.3, 0.4) is 0 Å². The van der Waals surface area contributed by atoms with Gasteiger partial charge in [0.25, 0.3) is 0 Å². The van der Waals surface area contributed by atoms with Crippen molar-refractivity contribution < 1.29 is 15.0 Å². The Kier molecular flexibility index (Phi) is 3.55. The lowest BCUT2D eigenvalue weighted by Gasteiger charge is -2.12. The Morgan fingerprint density at radius 1 is 1.47 bits per heavy atom. The van der Waals surface area contributed by atoms with Crippen LogP contribution in [0, 0.1) is 0 Å². The zero-order valence-electron chi connectivity index (χ0n) is 8.60. The molecule has 4 heteroatoms. The van der Waals surface area contributed by atoms with Crippen molar-refractivity contribution in [1.29, 1.82) is 0 Å². The molecule has 0 saturated heterocycles. The first-order chi connectivity index (χ1) is 7.00. The van der Waals surface area contributed by atoms with E-state index in [9.17, 15) is 9.90 Å². The predicted molar refractivity (Wildman–Crippen MR) is 56.6 cm³/mol. The molecule has 4 nitrogen and oxygen atoms in total. The van der Waals surface area contributed by atoms with E-state index in [-0.39, 0.29) is 23.3 Å². The molecule has 0 fully saturated rings. The Balaban J connectivity index is 2.73. The highest BCUT2D eigenvalue weighted by molar-refractivity contribution is 5.73. The van der Waals surface area contributed by atoms with Crippen LogP contribution in [-0.4, -0.2) is 16.1 Å². The van der Waals surface area contributed by atoms with Gasteiger partial charge in [-0.3, -0.25) is 4.79 Å². The van der Waals surface area contributed by atoms with Gasteiger partial charge >= 0.3 is 0 Å². The number of rotatable bonds is 4. The first-order valence-corrected chi connectivity index (χ1v) is 4.81. The highest BCUT2D eigenvalue weighted by atomic mass is 16.3. The van der Waals surface area contributed by atoms with Crippen LogP contribution in [0.4, 0.5) is 0 Å². The van der Waals surface area contributed by atoms with E-state index in [1.54, 1.807) is 6.07 Å². The van der Waals surface area contributed by atoms with Gasteiger partial charge < -0.3 is 15.9 Å². The molecule has 0 aliphatic carbocycles. The Morgan fingerprint density at radius 2 is 2.13 bits per heavy atom. The van der Waals surface area contributed by atoms with Crippen molar-refractivity contribution >= 4 is 5.91 Å². The number of phenolic OH excluding ortho intramolecular Hbond substituents is 2. The number of hydrogen-bond acceptors (Lipinski definition) is 3. The highest BCUT2D eigenvalue weighted by Crippen LogP contribution is 2.31. The van der Waals surface area contributed by atoms with E-state index >= 15 is 0 Å². The second-order valence-electron chi connectivity index (χ2n) is 3.65. The van der Waals surface area contributed by atoms with Gasteiger partial charge in [-0.15, -0.1) is 0 Å². The summed E-state index contributed by atoms with van der Waals surface area (Å²) in [5, 5.41) is 18.7. The van der Waals surface area contributed by atoms with Crippen molar-refractivity contribution in [3.8, 4) is 11.5 Å². The first-order valence-electron chi connectivity index (χ1n) is 4.81. The van der Waals surface area contributed by atoms with Crippen molar-refractivity contribution in [3.63, 3.8) is 0 Å². The number of phenols is 2. The van der Waals surface area contributed by atoms with Gasteiger partial charge in [0.2, 0.25) is 5.91 Å². The summed E-state index contributed by atoms with van der Waals surface area (Å²) in [6.07, 6.45) is 0.884. The summed E-state index contributed by atoms with van der Waals surface area (Å²) in [5.41, 5.74) is 5.76. The van der Waals surface area contributed by atoms with Gasteiger partial charge in [-0.05, 0) is 24.0 Å². The SMILES string of the molecule is CC(CCC(N)=O)c1ccc(O)cc1O. The molecule has 0 bridgehead atoms. The van der Waals surface area contributed by atoms with Crippen LogP contribution in [0.25, 0.3) is 0 Å². The summed E-state index contributed by atoms with van der Waals surface area (Å²) in [4.78, 5) is 10.6. The molecule has 4 N–H and O–H groups in total. The summed E-state index contributed by atoms with van der Waals surface area (Å²) in [5.74, 6) is -0.233. The Hall–Kier alpha value is -1.71. The molecule has 0 spiro atoms. The van der Waals surface area contributed by atoms with Gasteiger partial charge in [0, 0.05) is 12.5 Å². The van der Waals surface area contributed by atoms with Crippen molar-refractivity contribution in [1.82, 2.24) is 0 Å². The normalized spacial score (nSPS) is 12.3. The fourth-order valence-electron chi connectivity index (χ4n) is 1.46. The maximum atomic E-state index is 10.6. The molecule has 0 radical (unpaired) electrons. The lowest BCUT2D eigenvalue weighted by molar-refractivity contribution is -0.118. The van der Waals surface area contributed by atoms with Crippen molar-refractivity contribution in [2.24, 2.45) is 5.73 Å². The van der Waals surface area contributed by atoms with Crippen molar-refractivity contribution in [3.05, 3.63) is 23.8 Å². The molecule has 0 saturated carbocycles. The monoisotopic (exact) mass is 209 g/mol. The summed E-state index contributed by atoms with van der Waals surface area (Å²) in [7, 11) is 0. The number of primary amides is 1. The lowest BCUT2D eigenvalue weighted by Crippen LogP contribution is -2.11. The molecule has 1 amide bonds. The van der Waals surface area contributed by atoms with Crippen molar-refractivity contribution in [2.45, 2.75) is 25.7 Å². The second-order valence-corrected chi connectivity index (χ2v) is 3.65. The number of nitrogens with two attached hydrogens (primary N) is 1. The van der Waals surface area contributed by atoms with Crippen LogP contribution in [-0.2, 0) is 4.79 Å². The lowest BCUT2D eigenvalue weighted by atomic mass is 9.95. The maximum Gasteiger partial charge on any atom is 0.217 e. The molecule has 0 aliphatic heterocycles. The topological polar surface area (TPSA) is 83.6 Å². The molecule has 1 aromatic rings. The number of hydrogen-bond donors (Lipinski definition) is 3. The van der Waals surface area contributed by atoms with Crippen LogP contribution in [0.1, 0.15) is 31.2 Å². The van der Waals surface area contributed by atoms with Crippen molar-refractivity contribution in [2.75, 3.05) is 0 Å². The molecule has 82 valence electrons. The maximum absolute atomic E-state index is 10.6. The molecule has 1 atom stereocenters. The summed E-state index contributed by atoms with van der Waals surface area (Å²) in [6.45, 7) is 1.90. The van der Waals surface area contributed by atoms with Gasteiger partial charge in [-0.1, -0.05) is 13.0 Å². The van der Waals surface area contributed by atoms with E-state index in [0.29, 0.717) is 18.4 Å². The Labute approximate surface area is 88.3 Å². The smallest absolute Gasteiger partial charge is 0.217 e. The molecule has 1 unspecified atom stereocenters. The highest BCUT2D eigenvalue weighted by Gasteiger charge is 2.11. The molecule has 1 rings (SSSR count). The van der Waals surface area contributed by atoms with E-state index in [4.69, 9.17) is 10.8 Å². The largest absolute Gasteiger partial charge is 0.508 e. The fraction of sp³-hybridized carbons (Fsp3) is 0.364. The standard InChI is InChI=1S/C11H15NO3/c1-7(2-5-11(12)15)9-4-3-8(13)6-10(9)14/h3-4,6-7,13-14H,2,5H2,1H3,(H2,12,15). The molecule has 1 aromatic carbocycles. The van der Waals surface area contributed by atoms with Gasteiger partial charge in [0.05, 0.1) is 0 Å². The fourth-order valence-corrected chi connectivity index (χ4v) is 1.46. The van der Waals surface area contributed by atoms with Crippen LogP contribution >= 0.6 is 0 Å². The van der Waals surface area contributed by atoms with Crippen LogP contribution in [0.15, 0.2) is 18.2 Å². The summed E-state index contributed by atoms with van der Waals surface area (Å²) >= 11 is 0. The number of carbonyl (C=O) groups excluding carboxylic acids is 1. The van der Waals surface area contributed by atoms with Crippen LogP contribution in [0.5, 0.6) is 11.5 Å². The third-order valence-electron chi connectivity index (χ3n) is 2.37. The quantitative estimate of drug-likeness (QED) is 0.702. The molecular formula is C11H15NO3. The van der Waals surface area contributed by atoms with Gasteiger partial charge in [-0.25, -0.2) is 0 Å². The average Bonchev–Trinajstić information content (AvgIpc) is 2.14. The Bertz CT molecular complexity index is 363. The Morgan fingerprint density at radius 3 is 2.67 bits per heavy atom. The van der Waals surface area contributed by atoms with E-state index < -0.39 is 0 Å². The predicted octanol–water partition coefficient (Wildman–Crippen LogP) is 1.47. The van der Waals surface area contributed by atoms with E-state index in [2.05, 4.69) is 0 Å². The summed E-state index contributed by atoms with van der Waals surface area (Å²) in [6, 6.07) is 4.45. The average molecular weight is 209 g/mol. The molecule has 0 aliphatic rings. The second kappa shape index (κ2) is 4.68. The zero-order chi connectivity index (χ0) is 11.4. The third-order valence-corrected chi connectivity index (χ3v) is 2.37. The molecule has 0 aromatic heterocycles. The van der Waals surface area contributed by atoms with Gasteiger partial charge in [-0.2, -0.15) is 0 Å². The van der Waals surface area contributed by atoms with Gasteiger partial charge in [0.1, 0.15) is 11.5 Å². The number of benzene rings is 1. The molecule has 0 heterocycles. The van der Waals surface area contributed by atoms with Crippen LogP contribution in [0.2, 0.25) is 0 Å². The first kappa shape index (κ1) is 11.4. The number of amides is 1. The minimum absolute atomic E-state index is 0.0263. The van der Waals surface area contributed by atoms with Crippen LogP contribution < -0.4 is 5.73 Å². The third kappa shape index (κ3) is 3.16.